The number of amides is 1. The summed E-state index contributed by atoms with van der Waals surface area (Å²) in [7, 11) is 0. The van der Waals surface area contributed by atoms with E-state index in [0.29, 0.717) is 34.6 Å². The molecule has 0 spiro atoms. The third-order valence-corrected chi connectivity index (χ3v) is 6.08. The van der Waals surface area contributed by atoms with Gasteiger partial charge >= 0.3 is 0 Å². The van der Waals surface area contributed by atoms with Gasteiger partial charge in [-0.15, -0.1) is 0 Å². The van der Waals surface area contributed by atoms with E-state index in [0.717, 1.165) is 18.4 Å². The number of hydrogen-bond acceptors (Lipinski definition) is 4. The first-order valence-corrected chi connectivity index (χ1v) is 11.5. The van der Waals surface area contributed by atoms with Gasteiger partial charge in [-0.1, -0.05) is 61.9 Å². The summed E-state index contributed by atoms with van der Waals surface area (Å²) in [6, 6.07) is 20.2. The van der Waals surface area contributed by atoms with E-state index in [1.165, 1.54) is 12.8 Å². The highest BCUT2D eigenvalue weighted by Gasteiger charge is 2.22. The second-order valence-electron chi connectivity index (χ2n) is 8.54. The number of rotatable bonds is 5. The summed E-state index contributed by atoms with van der Waals surface area (Å²) in [6.07, 6.45) is 5.19. The Balaban J connectivity index is 1.33. The fraction of sp³-hybridized carbons (Fsp3) is 0.214. The van der Waals surface area contributed by atoms with Crippen molar-refractivity contribution in [2.24, 2.45) is 5.92 Å². The van der Waals surface area contributed by atoms with Crippen LogP contribution in [0.1, 0.15) is 64.2 Å². The molecule has 6 heteroatoms. The lowest BCUT2D eigenvalue weighted by Crippen LogP contribution is -2.15. The van der Waals surface area contributed by atoms with Crippen LogP contribution in [0, 0.1) is 17.8 Å². The highest BCUT2D eigenvalue weighted by Crippen LogP contribution is 2.30. The molecule has 0 unspecified atom stereocenters. The van der Waals surface area contributed by atoms with E-state index >= 15 is 0 Å². The highest BCUT2D eigenvalue weighted by molar-refractivity contribution is 6.07. The van der Waals surface area contributed by atoms with Crippen molar-refractivity contribution >= 4 is 28.7 Å². The van der Waals surface area contributed by atoms with Crippen LogP contribution in [-0.2, 0) is 0 Å². The number of H-pyrrole nitrogens is 1. The van der Waals surface area contributed by atoms with Crippen molar-refractivity contribution < 1.29 is 9.59 Å². The quantitative estimate of drug-likeness (QED) is 0.317. The molecule has 1 amide bonds. The van der Waals surface area contributed by atoms with Crippen LogP contribution < -0.4 is 5.32 Å². The van der Waals surface area contributed by atoms with Crippen LogP contribution in [0.4, 0.5) is 5.95 Å². The summed E-state index contributed by atoms with van der Waals surface area (Å²) in [5, 5.41) is 2.76. The normalized spacial score (nSPS) is 13.4. The number of aromatic amines is 1. The largest absolute Gasteiger partial charge is 0.324 e. The average molecular weight is 449 g/mol. The van der Waals surface area contributed by atoms with Gasteiger partial charge in [-0.3, -0.25) is 14.9 Å². The molecule has 0 aliphatic heterocycles. The molecule has 34 heavy (non-hydrogen) atoms. The molecule has 0 bridgehead atoms. The minimum Gasteiger partial charge on any atom is -0.324 e. The first kappa shape index (κ1) is 21.6. The van der Waals surface area contributed by atoms with Crippen molar-refractivity contribution in [2.45, 2.75) is 32.1 Å². The molecule has 2 heterocycles. The number of para-hydroxylation sites is 1. The van der Waals surface area contributed by atoms with Gasteiger partial charge < -0.3 is 4.98 Å². The molecule has 5 rings (SSSR count). The summed E-state index contributed by atoms with van der Waals surface area (Å²) in [5.41, 5.74) is 3.50. The molecule has 6 nitrogen and oxygen atoms in total. The molecule has 1 fully saturated rings. The Morgan fingerprint density at radius 2 is 1.71 bits per heavy atom. The van der Waals surface area contributed by atoms with E-state index in [2.05, 4.69) is 32.1 Å². The number of fused-ring (bicyclic) bond motifs is 1. The Hall–Kier alpha value is -4.24. The Morgan fingerprint density at radius 3 is 2.53 bits per heavy atom. The Kier molecular flexibility index (Phi) is 6.17. The maximum absolute atomic E-state index is 12.9. The van der Waals surface area contributed by atoms with Gasteiger partial charge in [-0.25, -0.2) is 9.97 Å². The van der Waals surface area contributed by atoms with Crippen molar-refractivity contribution in [3.63, 3.8) is 0 Å². The van der Waals surface area contributed by atoms with E-state index in [1.54, 1.807) is 18.2 Å². The number of benzene rings is 2. The van der Waals surface area contributed by atoms with Gasteiger partial charge in [0, 0.05) is 17.5 Å². The topological polar surface area (TPSA) is 87.7 Å². The van der Waals surface area contributed by atoms with Crippen LogP contribution in [0.15, 0.2) is 66.7 Å². The molecule has 2 N–H and O–H groups in total. The molecular formula is C28H24N4O2. The van der Waals surface area contributed by atoms with Crippen molar-refractivity contribution in [1.82, 2.24) is 15.0 Å². The number of hydrogen-bond donors (Lipinski definition) is 2. The summed E-state index contributed by atoms with van der Waals surface area (Å²) in [4.78, 5) is 37.7. The molecule has 2 aromatic carbocycles. The lowest BCUT2D eigenvalue weighted by molar-refractivity contribution is 0.0962. The second kappa shape index (κ2) is 9.72. The van der Waals surface area contributed by atoms with Crippen LogP contribution in [0.5, 0.6) is 0 Å². The van der Waals surface area contributed by atoms with Gasteiger partial charge in [0.15, 0.2) is 5.78 Å². The summed E-state index contributed by atoms with van der Waals surface area (Å²) in [5.74, 6) is 6.48. The summed E-state index contributed by atoms with van der Waals surface area (Å²) >= 11 is 0. The van der Waals surface area contributed by atoms with Crippen LogP contribution in [0.3, 0.4) is 0 Å². The van der Waals surface area contributed by atoms with Crippen LogP contribution in [-0.4, -0.2) is 26.6 Å². The minimum absolute atomic E-state index is 0.105. The summed E-state index contributed by atoms with van der Waals surface area (Å²) < 4.78 is 0. The fourth-order valence-corrected chi connectivity index (χ4v) is 4.36. The molecule has 0 atom stereocenters. The van der Waals surface area contributed by atoms with Gasteiger partial charge in [0.1, 0.15) is 16.9 Å². The Labute approximate surface area is 197 Å². The van der Waals surface area contributed by atoms with Crippen molar-refractivity contribution in [3.8, 4) is 11.8 Å². The SMILES string of the molecule is O=C(Nc1nc2c(C(=O)CC3CCCC3)cccc2[nH]1)c1cccc(C#Cc2ccccc2)n1. The lowest BCUT2D eigenvalue weighted by atomic mass is 9.96. The zero-order valence-electron chi connectivity index (χ0n) is 18.7. The average Bonchev–Trinajstić information content (AvgIpc) is 3.52. The number of Topliss-reactive ketones (excluding diaryl/α,β-unsaturated/α-hetero) is 1. The number of aromatic nitrogens is 3. The van der Waals surface area contributed by atoms with E-state index < -0.39 is 5.91 Å². The van der Waals surface area contributed by atoms with E-state index in [9.17, 15) is 9.59 Å². The number of pyridine rings is 1. The number of imidazole rings is 1. The van der Waals surface area contributed by atoms with E-state index in [1.807, 2.05) is 48.5 Å². The van der Waals surface area contributed by atoms with E-state index in [4.69, 9.17) is 0 Å². The monoisotopic (exact) mass is 448 g/mol. The van der Waals surface area contributed by atoms with Crippen LogP contribution in [0.25, 0.3) is 11.0 Å². The van der Waals surface area contributed by atoms with Gasteiger partial charge in [0.25, 0.3) is 5.91 Å². The first-order chi connectivity index (χ1) is 16.7. The van der Waals surface area contributed by atoms with Gasteiger partial charge in [-0.2, -0.15) is 0 Å². The van der Waals surface area contributed by atoms with Crippen molar-refractivity contribution in [2.75, 3.05) is 5.32 Å². The first-order valence-electron chi connectivity index (χ1n) is 11.5. The number of carbonyl (C=O) groups is 2. The van der Waals surface area contributed by atoms with Crippen LogP contribution in [0.2, 0.25) is 0 Å². The fourth-order valence-electron chi connectivity index (χ4n) is 4.36. The molecule has 1 saturated carbocycles. The van der Waals surface area contributed by atoms with Crippen molar-refractivity contribution in [1.29, 1.82) is 0 Å². The molecule has 2 aromatic heterocycles. The zero-order valence-corrected chi connectivity index (χ0v) is 18.7. The van der Waals surface area contributed by atoms with E-state index in [-0.39, 0.29) is 17.4 Å². The zero-order chi connectivity index (χ0) is 23.3. The molecule has 1 aliphatic carbocycles. The number of anilines is 1. The number of carbonyl (C=O) groups excluding carboxylic acids is 2. The smallest absolute Gasteiger partial charge is 0.276 e. The maximum atomic E-state index is 12.9. The van der Waals surface area contributed by atoms with Gasteiger partial charge in [-0.05, 0) is 48.2 Å². The predicted octanol–water partition coefficient (Wildman–Crippen LogP) is 5.37. The van der Waals surface area contributed by atoms with Gasteiger partial charge in [0.2, 0.25) is 5.95 Å². The lowest BCUT2D eigenvalue weighted by Gasteiger charge is -2.07. The number of nitrogens with zero attached hydrogens (tertiary/aromatic N) is 2. The summed E-state index contributed by atoms with van der Waals surface area (Å²) in [6.45, 7) is 0. The van der Waals surface area contributed by atoms with Gasteiger partial charge in [0.05, 0.1) is 5.52 Å². The standard InChI is InChI=1S/C28H24N4O2/c33-25(18-20-10-4-5-11-20)22-13-7-14-23-26(22)31-28(30-23)32-27(34)24-15-6-12-21(29-24)17-16-19-8-2-1-3-9-19/h1-3,6-9,12-15,20H,4-5,10-11,18H2,(H2,30,31,32,34). The van der Waals surface area contributed by atoms with Crippen molar-refractivity contribution in [3.05, 3.63) is 89.2 Å². The third-order valence-electron chi connectivity index (χ3n) is 6.08. The number of ketones is 1. The maximum Gasteiger partial charge on any atom is 0.276 e. The Bertz CT molecular complexity index is 1410. The molecular weight excluding hydrogens is 424 g/mol. The predicted molar refractivity (Wildman–Crippen MR) is 132 cm³/mol. The number of nitrogens with one attached hydrogen (secondary N) is 2. The third kappa shape index (κ3) is 4.89. The molecule has 168 valence electrons. The van der Waals surface area contributed by atoms with Crippen LogP contribution >= 0.6 is 0 Å². The molecule has 4 aromatic rings. The minimum atomic E-state index is -0.402. The molecule has 0 saturated heterocycles. The Morgan fingerprint density at radius 1 is 0.912 bits per heavy atom. The second-order valence-corrected chi connectivity index (χ2v) is 8.54. The highest BCUT2D eigenvalue weighted by atomic mass is 16.2. The molecule has 0 radical (unpaired) electrons. The molecule has 1 aliphatic rings.